The Bertz CT molecular complexity index is 961. The second-order valence-corrected chi connectivity index (χ2v) is 21.6. The van der Waals surface area contributed by atoms with Gasteiger partial charge in [0, 0.05) is 0 Å². The molecule has 0 saturated carbocycles. The van der Waals surface area contributed by atoms with Crippen LogP contribution in [0.1, 0.15) is 348 Å². The number of hydrogen-bond acceptors (Lipinski definition) is 6. The van der Waals surface area contributed by atoms with Crippen LogP contribution in [0.25, 0.3) is 0 Å². The number of carbonyl (C=O) groups is 1. The lowest BCUT2D eigenvalue weighted by Crippen LogP contribution is -2.69. The van der Waals surface area contributed by atoms with Gasteiger partial charge in [0.15, 0.2) is 6.29 Å². The Morgan fingerprint density at radius 3 is 0.727 bits per heavy atom. The van der Waals surface area contributed by atoms with E-state index in [9.17, 15) is 30.3 Å². The Labute approximate surface area is 412 Å². The molecular weight excluding hydrogens is 817 g/mol. The topological polar surface area (TPSA) is 118 Å². The maximum atomic E-state index is 12.4. The quantitative estimate of drug-likeness (QED) is 0.0306. The Morgan fingerprint density at radius 1 is 0.303 bits per heavy atom. The zero-order valence-corrected chi connectivity index (χ0v) is 45.0. The van der Waals surface area contributed by atoms with E-state index in [0.717, 1.165) is 57.8 Å². The van der Waals surface area contributed by atoms with Crippen LogP contribution in [-0.4, -0.2) is 61.3 Å². The third kappa shape index (κ3) is 36.4. The lowest BCUT2D eigenvalue weighted by Gasteiger charge is -2.49. The largest absolute Gasteiger partial charge is 0.390 e. The van der Waals surface area contributed by atoms with E-state index >= 15 is 0 Å². The molecule has 5 atom stereocenters. The van der Waals surface area contributed by atoms with Gasteiger partial charge in [0.05, 0.1) is 6.10 Å². The molecule has 66 heavy (non-hydrogen) atoms. The van der Waals surface area contributed by atoms with Crippen molar-refractivity contribution in [1.82, 2.24) is 0 Å². The average molecular weight is 938 g/mol. The first kappa shape index (κ1) is 65.5. The van der Waals surface area contributed by atoms with E-state index in [1.165, 1.54) is 238 Å². The van der Waals surface area contributed by atoms with Crippen molar-refractivity contribution < 1.29 is 30.3 Å². The number of carbonyl (C=O) groups excluding carboxylic acids is 1. The molecule has 0 aromatic heterocycles. The van der Waals surface area contributed by atoms with Gasteiger partial charge in [-0.3, -0.25) is 0 Å². The summed E-state index contributed by atoms with van der Waals surface area (Å²) >= 11 is 0. The minimum absolute atomic E-state index is 0.00351. The highest BCUT2D eigenvalue weighted by molar-refractivity contribution is 5.58. The van der Waals surface area contributed by atoms with E-state index in [1.807, 2.05) is 0 Å². The molecular formula is C60H120O6. The van der Waals surface area contributed by atoms with Crippen LogP contribution in [0.2, 0.25) is 0 Å². The summed E-state index contributed by atoms with van der Waals surface area (Å²) in [6.45, 7) is 6.82. The van der Waals surface area contributed by atoms with E-state index in [4.69, 9.17) is 0 Å². The average Bonchev–Trinajstić information content (AvgIpc) is 3.32. The fraction of sp³-hybridized carbons (Fsp3) is 0.983. The normalized spacial score (nSPS) is 15.2. The fourth-order valence-electron chi connectivity index (χ4n) is 10.6. The van der Waals surface area contributed by atoms with Gasteiger partial charge >= 0.3 is 0 Å². The molecule has 0 spiro atoms. The molecule has 0 fully saturated rings. The van der Waals surface area contributed by atoms with Crippen LogP contribution in [0.15, 0.2) is 0 Å². The predicted octanol–water partition coefficient (Wildman–Crippen LogP) is 17.7. The second-order valence-electron chi connectivity index (χ2n) is 21.6. The van der Waals surface area contributed by atoms with Gasteiger partial charge in [-0.25, -0.2) is 0 Å². The molecule has 0 amide bonds. The standard InChI is InChI=1S/C60H120O6/c1-4-7-10-13-16-19-22-25-28-31-34-37-40-43-46-49-52-56(62)58(64)60(66,54-51-48-45-42-39-36-33-30-27-24-21-18-15-12-9-6-3)59(65,57(63)55-61)53-50-47-44-41-38-35-32-29-26-23-20-17-14-11-8-5-2/h55-58,62-66H,4-54H2,1-3H3. The van der Waals surface area contributed by atoms with Gasteiger partial charge in [0.1, 0.15) is 23.4 Å². The Morgan fingerprint density at radius 2 is 0.500 bits per heavy atom. The summed E-state index contributed by atoms with van der Waals surface area (Å²) < 4.78 is 0. The summed E-state index contributed by atoms with van der Waals surface area (Å²) in [7, 11) is 0. The van der Waals surface area contributed by atoms with Crippen molar-refractivity contribution >= 4 is 6.29 Å². The number of aldehydes is 1. The summed E-state index contributed by atoms with van der Waals surface area (Å²) in [4.78, 5) is 12.2. The molecule has 0 aromatic rings. The van der Waals surface area contributed by atoms with Crippen molar-refractivity contribution in [3.05, 3.63) is 0 Å². The van der Waals surface area contributed by atoms with E-state index in [1.54, 1.807) is 0 Å². The smallest absolute Gasteiger partial charge is 0.151 e. The van der Waals surface area contributed by atoms with Crippen molar-refractivity contribution in [2.75, 3.05) is 0 Å². The lowest BCUT2D eigenvalue weighted by molar-refractivity contribution is -0.255. The highest BCUT2D eigenvalue weighted by atomic mass is 16.4. The van der Waals surface area contributed by atoms with Crippen molar-refractivity contribution in [2.45, 2.75) is 378 Å². The molecule has 6 nitrogen and oxygen atoms in total. The van der Waals surface area contributed by atoms with Crippen molar-refractivity contribution in [3.8, 4) is 0 Å². The highest BCUT2D eigenvalue weighted by Gasteiger charge is 2.58. The van der Waals surface area contributed by atoms with E-state index in [2.05, 4.69) is 20.8 Å². The molecule has 0 rings (SSSR count). The summed E-state index contributed by atoms with van der Waals surface area (Å²) in [5.74, 6) is 0. The monoisotopic (exact) mass is 937 g/mol. The molecule has 5 unspecified atom stereocenters. The number of rotatable bonds is 56. The van der Waals surface area contributed by atoms with E-state index < -0.39 is 29.5 Å². The van der Waals surface area contributed by atoms with E-state index in [0.29, 0.717) is 25.5 Å². The number of unbranched alkanes of at least 4 members (excludes halogenated alkanes) is 45. The van der Waals surface area contributed by atoms with Crippen LogP contribution >= 0.6 is 0 Å². The number of hydrogen-bond donors (Lipinski definition) is 5. The van der Waals surface area contributed by atoms with Crippen LogP contribution in [-0.2, 0) is 4.79 Å². The third-order valence-electron chi connectivity index (χ3n) is 15.4. The van der Waals surface area contributed by atoms with Gasteiger partial charge in [-0.2, -0.15) is 0 Å². The maximum Gasteiger partial charge on any atom is 0.151 e. The molecule has 5 N–H and O–H groups in total. The van der Waals surface area contributed by atoms with Gasteiger partial charge in [-0.05, 0) is 19.3 Å². The summed E-state index contributed by atoms with van der Waals surface area (Å²) in [5, 5.41) is 58.7. The molecule has 0 saturated heterocycles. The maximum absolute atomic E-state index is 12.4. The highest BCUT2D eigenvalue weighted by Crippen LogP contribution is 2.40. The summed E-state index contributed by atoms with van der Waals surface area (Å²) in [6.07, 6.45) is 54.8. The molecule has 0 aliphatic heterocycles. The minimum atomic E-state index is -2.24. The van der Waals surface area contributed by atoms with Crippen molar-refractivity contribution in [3.63, 3.8) is 0 Å². The van der Waals surface area contributed by atoms with Crippen LogP contribution in [0, 0.1) is 0 Å². The van der Waals surface area contributed by atoms with Crippen LogP contribution in [0.5, 0.6) is 0 Å². The SMILES string of the molecule is CCCCCCCCCCCCCCCCCCC(O)C(O)C(O)(CCCCCCCCCCCCCCCCCC)C(O)(CCCCCCCCCCCCCCCCCC)C(O)C=O. The Hall–Kier alpha value is -0.530. The molecule has 0 heterocycles. The first-order valence-electron chi connectivity index (χ1n) is 30.2. The second kappa shape index (κ2) is 49.5. The molecule has 0 aliphatic carbocycles. The number of aliphatic hydroxyl groups is 5. The Balaban J connectivity index is 4.91. The Kier molecular flexibility index (Phi) is 49.1. The molecule has 0 aromatic carbocycles. The van der Waals surface area contributed by atoms with Crippen molar-refractivity contribution in [2.24, 2.45) is 0 Å². The fourth-order valence-corrected chi connectivity index (χ4v) is 10.6. The van der Waals surface area contributed by atoms with E-state index in [-0.39, 0.29) is 12.8 Å². The van der Waals surface area contributed by atoms with Crippen LogP contribution in [0.4, 0.5) is 0 Å². The van der Waals surface area contributed by atoms with Gasteiger partial charge in [-0.15, -0.1) is 0 Å². The van der Waals surface area contributed by atoms with Crippen LogP contribution in [0.3, 0.4) is 0 Å². The minimum Gasteiger partial charge on any atom is -0.390 e. The van der Waals surface area contributed by atoms with Crippen molar-refractivity contribution in [1.29, 1.82) is 0 Å². The molecule has 396 valence electrons. The number of aliphatic hydroxyl groups excluding tert-OH is 3. The third-order valence-corrected chi connectivity index (χ3v) is 15.4. The van der Waals surface area contributed by atoms with Gasteiger partial charge in [-0.1, -0.05) is 329 Å². The van der Waals surface area contributed by atoms with Gasteiger partial charge < -0.3 is 30.3 Å². The summed E-state index contributed by atoms with van der Waals surface area (Å²) in [5.41, 5.74) is -4.44. The van der Waals surface area contributed by atoms with Gasteiger partial charge in [0.25, 0.3) is 0 Å². The van der Waals surface area contributed by atoms with Gasteiger partial charge in [0.2, 0.25) is 0 Å². The first-order chi connectivity index (χ1) is 32.2. The summed E-state index contributed by atoms with van der Waals surface area (Å²) in [6, 6.07) is 0. The molecule has 0 radical (unpaired) electrons. The molecule has 0 aliphatic rings. The lowest BCUT2D eigenvalue weighted by atomic mass is 9.68. The van der Waals surface area contributed by atoms with Crippen LogP contribution < -0.4 is 0 Å². The molecule has 0 bridgehead atoms. The zero-order chi connectivity index (χ0) is 48.5. The predicted molar refractivity (Wildman–Crippen MR) is 286 cm³/mol. The first-order valence-corrected chi connectivity index (χ1v) is 30.2. The zero-order valence-electron chi connectivity index (χ0n) is 45.0. The molecule has 6 heteroatoms.